The predicted molar refractivity (Wildman–Crippen MR) is 62.0 cm³/mol. The molecule has 0 bridgehead atoms. The van der Waals surface area contributed by atoms with Crippen LogP contribution in [0.5, 0.6) is 5.75 Å². The van der Waals surface area contributed by atoms with E-state index in [4.69, 9.17) is 4.74 Å². The monoisotopic (exact) mass is 226 g/mol. The minimum atomic E-state index is -1.06. The normalized spacial score (nSPS) is 14.6. The lowest BCUT2D eigenvalue weighted by Crippen LogP contribution is -2.25. The van der Waals surface area contributed by atoms with E-state index in [1.54, 1.807) is 12.1 Å². The number of ether oxygens (including phenoxy) is 1. The average molecular weight is 226 g/mol. The number of hydrogen-bond acceptors (Lipinski definition) is 2. The van der Waals surface area contributed by atoms with Gasteiger partial charge in [-0.1, -0.05) is 20.3 Å². The van der Waals surface area contributed by atoms with Crippen molar-refractivity contribution in [2.24, 2.45) is 0 Å². The first-order valence-electron chi connectivity index (χ1n) is 5.63. The van der Waals surface area contributed by atoms with Crippen molar-refractivity contribution in [1.29, 1.82) is 0 Å². The van der Waals surface area contributed by atoms with Gasteiger partial charge in [0.1, 0.15) is 11.6 Å². The zero-order valence-corrected chi connectivity index (χ0v) is 10.1. The molecule has 1 aromatic carbocycles. The summed E-state index contributed by atoms with van der Waals surface area (Å²) in [6.07, 6.45) is 1.88. The summed E-state index contributed by atoms with van der Waals surface area (Å²) in [5, 5.41) is 10.4. The molecule has 3 heteroatoms. The lowest BCUT2D eigenvalue weighted by molar-refractivity contribution is 0.0191. The van der Waals surface area contributed by atoms with Gasteiger partial charge in [0, 0.05) is 11.6 Å². The third-order valence-electron chi connectivity index (χ3n) is 2.93. The minimum Gasteiger partial charge on any atom is -0.497 e. The molecule has 1 rings (SSSR count). The number of rotatable bonds is 5. The van der Waals surface area contributed by atoms with Gasteiger partial charge in [-0.3, -0.25) is 0 Å². The third kappa shape index (κ3) is 2.53. The van der Waals surface area contributed by atoms with Crippen molar-refractivity contribution < 1.29 is 14.2 Å². The lowest BCUT2D eigenvalue weighted by atomic mass is 9.86. The quantitative estimate of drug-likeness (QED) is 0.835. The maximum Gasteiger partial charge on any atom is 0.132 e. The summed E-state index contributed by atoms with van der Waals surface area (Å²) in [4.78, 5) is 0. The fourth-order valence-corrected chi connectivity index (χ4v) is 1.92. The molecule has 0 heterocycles. The van der Waals surface area contributed by atoms with Crippen molar-refractivity contribution in [2.45, 2.75) is 38.7 Å². The van der Waals surface area contributed by atoms with Gasteiger partial charge in [-0.2, -0.15) is 0 Å². The summed E-state index contributed by atoms with van der Waals surface area (Å²) in [6.45, 7) is 3.83. The van der Waals surface area contributed by atoms with Gasteiger partial charge in [-0.15, -0.1) is 0 Å². The molecule has 0 aliphatic carbocycles. The van der Waals surface area contributed by atoms with Crippen LogP contribution < -0.4 is 4.74 Å². The van der Waals surface area contributed by atoms with Crippen LogP contribution in [0.25, 0.3) is 0 Å². The Balaban J connectivity index is 3.10. The summed E-state index contributed by atoms with van der Waals surface area (Å²) >= 11 is 0. The first kappa shape index (κ1) is 13.0. The van der Waals surface area contributed by atoms with Gasteiger partial charge in [0.15, 0.2) is 0 Å². The molecular weight excluding hydrogens is 207 g/mol. The molecule has 0 saturated heterocycles. The largest absolute Gasteiger partial charge is 0.497 e. The molecule has 0 aliphatic rings. The molecule has 0 amide bonds. The van der Waals surface area contributed by atoms with Gasteiger partial charge in [-0.05, 0) is 25.0 Å². The second-order valence-electron chi connectivity index (χ2n) is 3.98. The van der Waals surface area contributed by atoms with Gasteiger partial charge in [-0.25, -0.2) is 4.39 Å². The van der Waals surface area contributed by atoms with E-state index in [1.165, 1.54) is 13.2 Å². The highest BCUT2D eigenvalue weighted by Crippen LogP contribution is 2.33. The van der Waals surface area contributed by atoms with Crippen LogP contribution in [-0.4, -0.2) is 12.2 Å². The van der Waals surface area contributed by atoms with Gasteiger partial charge in [0.2, 0.25) is 0 Å². The van der Waals surface area contributed by atoms with Crippen molar-refractivity contribution in [3.8, 4) is 5.75 Å². The molecule has 1 unspecified atom stereocenters. The smallest absolute Gasteiger partial charge is 0.132 e. The predicted octanol–water partition coefficient (Wildman–Crippen LogP) is 3.23. The van der Waals surface area contributed by atoms with E-state index >= 15 is 0 Å². The van der Waals surface area contributed by atoms with Crippen molar-refractivity contribution in [1.82, 2.24) is 0 Å². The highest BCUT2D eigenvalue weighted by atomic mass is 19.1. The molecular formula is C13H19FO2. The van der Waals surface area contributed by atoms with E-state index in [1.807, 2.05) is 13.8 Å². The Kier molecular flexibility index (Phi) is 4.30. The highest BCUT2D eigenvalue weighted by molar-refractivity contribution is 5.32. The van der Waals surface area contributed by atoms with Crippen LogP contribution in [0.2, 0.25) is 0 Å². The molecule has 0 aliphatic heterocycles. The van der Waals surface area contributed by atoms with E-state index in [9.17, 15) is 9.50 Å². The molecule has 1 atom stereocenters. The molecule has 1 N–H and O–H groups in total. The Labute approximate surface area is 96.1 Å². The summed E-state index contributed by atoms with van der Waals surface area (Å²) in [5.74, 6) is 0.0633. The third-order valence-corrected chi connectivity index (χ3v) is 2.93. The van der Waals surface area contributed by atoms with Crippen LogP contribution in [-0.2, 0) is 5.60 Å². The van der Waals surface area contributed by atoms with Crippen LogP contribution in [0.4, 0.5) is 4.39 Å². The van der Waals surface area contributed by atoms with Crippen molar-refractivity contribution >= 4 is 0 Å². The maximum absolute atomic E-state index is 13.8. The molecule has 16 heavy (non-hydrogen) atoms. The van der Waals surface area contributed by atoms with Crippen LogP contribution >= 0.6 is 0 Å². The first-order valence-corrected chi connectivity index (χ1v) is 5.63. The Morgan fingerprint density at radius 3 is 2.50 bits per heavy atom. The van der Waals surface area contributed by atoms with E-state index in [0.717, 1.165) is 6.42 Å². The van der Waals surface area contributed by atoms with E-state index in [-0.39, 0.29) is 0 Å². The standard InChI is InChI=1S/C13H19FO2/c1-4-8-13(15,5-2)11-7-6-10(16-3)9-12(11)14/h6-7,9,15H,4-5,8H2,1-3H3. The number of benzene rings is 1. The van der Waals surface area contributed by atoms with Crippen molar-refractivity contribution in [3.63, 3.8) is 0 Å². The fraction of sp³-hybridized carbons (Fsp3) is 0.538. The Morgan fingerprint density at radius 2 is 2.06 bits per heavy atom. The van der Waals surface area contributed by atoms with E-state index in [0.29, 0.717) is 24.2 Å². The van der Waals surface area contributed by atoms with Gasteiger partial charge >= 0.3 is 0 Å². The van der Waals surface area contributed by atoms with Gasteiger partial charge in [0.05, 0.1) is 12.7 Å². The van der Waals surface area contributed by atoms with Gasteiger partial charge < -0.3 is 9.84 Å². The van der Waals surface area contributed by atoms with E-state index < -0.39 is 11.4 Å². The lowest BCUT2D eigenvalue weighted by Gasteiger charge is -2.27. The Hall–Kier alpha value is -1.09. The van der Waals surface area contributed by atoms with Crippen molar-refractivity contribution in [3.05, 3.63) is 29.6 Å². The maximum atomic E-state index is 13.8. The van der Waals surface area contributed by atoms with E-state index in [2.05, 4.69) is 0 Å². The number of methoxy groups -OCH3 is 1. The number of aliphatic hydroxyl groups is 1. The molecule has 0 saturated carbocycles. The van der Waals surface area contributed by atoms with Crippen molar-refractivity contribution in [2.75, 3.05) is 7.11 Å². The molecule has 0 aromatic heterocycles. The molecule has 0 fully saturated rings. The fourth-order valence-electron chi connectivity index (χ4n) is 1.92. The summed E-state index contributed by atoms with van der Waals surface area (Å²) < 4.78 is 18.7. The summed E-state index contributed by atoms with van der Waals surface area (Å²) in [6, 6.07) is 4.59. The molecule has 2 nitrogen and oxygen atoms in total. The zero-order chi connectivity index (χ0) is 12.2. The Bertz CT molecular complexity index is 352. The van der Waals surface area contributed by atoms with Crippen LogP contribution in [0.1, 0.15) is 38.7 Å². The SMILES string of the molecule is CCCC(O)(CC)c1ccc(OC)cc1F. The first-order chi connectivity index (χ1) is 7.57. The van der Waals surface area contributed by atoms with Crippen LogP contribution in [0.3, 0.4) is 0 Å². The molecule has 90 valence electrons. The Morgan fingerprint density at radius 1 is 1.38 bits per heavy atom. The second-order valence-corrected chi connectivity index (χ2v) is 3.98. The number of hydrogen-bond donors (Lipinski definition) is 1. The van der Waals surface area contributed by atoms with Gasteiger partial charge in [0.25, 0.3) is 0 Å². The summed E-state index contributed by atoms with van der Waals surface area (Å²) in [5.41, 5.74) is -0.705. The molecule has 0 spiro atoms. The second kappa shape index (κ2) is 5.30. The highest BCUT2D eigenvalue weighted by Gasteiger charge is 2.29. The zero-order valence-electron chi connectivity index (χ0n) is 10.1. The molecule has 0 radical (unpaired) electrons. The van der Waals surface area contributed by atoms with Crippen LogP contribution in [0, 0.1) is 5.82 Å². The average Bonchev–Trinajstić information content (AvgIpc) is 2.28. The molecule has 1 aromatic rings. The van der Waals surface area contributed by atoms with Crippen LogP contribution in [0.15, 0.2) is 18.2 Å². The summed E-state index contributed by atoms with van der Waals surface area (Å²) in [7, 11) is 1.49. The minimum absolute atomic E-state index is 0.359. The number of halogens is 1. The topological polar surface area (TPSA) is 29.5 Å².